The summed E-state index contributed by atoms with van der Waals surface area (Å²) in [7, 11) is 0. The smallest absolute Gasteiger partial charge is 0.236 e. The van der Waals surface area contributed by atoms with Gasteiger partial charge in [-0.15, -0.1) is 21.5 Å². The number of rotatable bonds is 7. The third-order valence-electron chi connectivity index (χ3n) is 4.86. The summed E-state index contributed by atoms with van der Waals surface area (Å²) < 4.78 is 8.22. The van der Waals surface area contributed by atoms with E-state index in [-0.39, 0.29) is 17.7 Å². The van der Waals surface area contributed by atoms with Gasteiger partial charge in [-0.1, -0.05) is 23.9 Å². The number of furan rings is 1. The minimum absolute atomic E-state index is 0.105. The van der Waals surface area contributed by atoms with Gasteiger partial charge in [0.05, 0.1) is 11.4 Å². The summed E-state index contributed by atoms with van der Waals surface area (Å²) in [5.41, 5.74) is 4.36. The Morgan fingerprint density at radius 1 is 1.22 bits per heavy atom. The van der Waals surface area contributed by atoms with Gasteiger partial charge in [0, 0.05) is 17.0 Å². The SMILES string of the molecule is Cc1ccc(-c2csc(NC(=O)CSc3nnc(-c4ccc(Br)o4)n3C(C)C)n2)cc1C. The first-order valence-corrected chi connectivity index (χ1v) is 12.6. The zero-order valence-electron chi connectivity index (χ0n) is 18.0. The highest BCUT2D eigenvalue weighted by Gasteiger charge is 2.20. The molecule has 0 atom stereocenters. The van der Waals surface area contributed by atoms with Crippen LogP contribution in [0.5, 0.6) is 0 Å². The molecule has 0 saturated carbocycles. The van der Waals surface area contributed by atoms with Crippen LogP contribution in [0.1, 0.15) is 31.0 Å². The number of amides is 1. The van der Waals surface area contributed by atoms with Crippen molar-refractivity contribution in [2.45, 2.75) is 38.9 Å². The summed E-state index contributed by atoms with van der Waals surface area (Å²) >= 11 is 6.06. The fraction of sp³-hybridized carbons (Fsp3) is 0.273. The normalized spacial score (nSPS) is 11.3. The van der Waals surface area contributed by atoms with Crippen molar-refractivity contribution in [3.8, 4) is 22.8 Å². The van der Waals surface area contributed by atoms with E-state index in [0.717, 1.165) is 11.3 Å². The number of aryl methyl sites for hydroxylation is 2. The molecular formula is C22H22BrN5O2S2. The number of anilines is 1. The monoisotopic (exact) mass is 531 g/mol. The molecule has 0 fully saturated rings. The molecule has 166 valence electrons. The summed E-state index contributed by atoms with van der Waals surface area (Å²) in [5.74, 6) is 1.31. The highest BCUT2D eigenvalue weighted by molar-refractivity contribution is 9.10. The number of nitrogens with one attached hydrogen (secondary N) is 1. The molecule has 1 aromatic carbocycles. The van der Waals surface area contributed by atoms with Crippen LogP contribution in [0.4, 0.5) is 5.13 Å². The maximum absolute atomic E-state index is 12.5. The Morgan fingerprint density at radius 2 is 2.03 bits per heavy atom. The van der Waals surface area contributed by atoms with Gasteiger partial charge >= 0.3 is 0 Å². The second kappa shape index (κ2) is 9.60. The molecule has 0 unspecified atom stereocenters. The molecule has 1 amide bonds. The van der Waals surface area contributed by atoms with E-state index in [1.165, 1.54) is 34.2 Å². The summed E-state index contributed by atoms with van der Waals surface area (Å²) in [5, 5.41) is 14.6. The molecule has 7 nitrogen and oxygen atoms in total. The van der Waals surface area contributed by atoms with Crippen LogP contribution in [0.25, 0.3) is 22.8 Å². The van der Waals surface area contributed by atoms with Gasteiger partial charge in [0.2, 0.25) is 11.7 Å². The van der Waals surface area contributed by atoms with Crippen molar-refractivity contribution < 1.29 is 9.21 Å². The van der Waals surface area contributed by atoms with E-state index in [2.05, 4.69) is 62.4 Å². The van der Waals surface area contributed by atoms with Crippen LogP contribution in [-0.4, -0.2) is 31.4 Å². The number of carbonyl (C=O) groups is 1. The van der Waals surface area contributed by atoms with Crippen molar-refractivity contribution in [3.05, 3.63) is 51.5 Å². The molecule has 4 aromatic rings. The van der Waals surface area contributed by atoms with Crippen LogP contribution >= 0.6 is 39.0 Å². The van der Waals surface area contributed by atoms with Gasteiger partial charge in [0.15, 0.2) is 20.7 Å². The van der Waals surface area contributed by atoms with E-state index in [1.54, 1.807) is 0 Å². The van der Waals surface area contributed by atoms with Crippen LogP contribution < -0.4 is 5.32 Å². The number of thiazole rings is 1. The molecule has 0 radical (unpaired) electrons. The highest BCUT2D eigenvalue weighted by atomic mass is 79.9. The molecule has 1 N–H and O–H groups in total. The topological polar surface area (TPSA) is 85.8 Å². The standard InChI is InChI=1S/C22H22BrN5O2S2/c1-12(2)28-20(17-7-8-18(23)30-17)26-27-22(28)32-11-19(29)25-21-24-16(10-31-21)15-6-5-13(3)14(4)9-15/h5-10,12H,11H2,1-4H3,(H,24,25,29). The molecule has 0 aliphatic rings. The minimum atomic E-state index is -0.142. The maximum atomic E-state index is 12.5. The number of hydrogen-bond acceptors (Lipinski definition) is 7. The minimum Gasteiger partial charge on any atom is -0.446 e. The molecule has 0 aliphatic carbocycles. The second-order valence-electron chi connectivity index (χ2n) is 7.55. The Bertz CT molecular complexity index is 1260. The zero-order chi connectivity index (χ0) is 22.8. The molecule has 3 heterocycles. The maximum Gasteiger partial charge on any atom is 0.236 e. The number of carbonyl (C=O) groups excluding carboxylic acids is 1. The number of halogens is 1. The Morgan fingerprint density at radius 3 is 2.72 bits per heavy atom. The molecule has 10 heteroatoms. The Hall–Kier alpha value is -2.43. The molecule has 32 heavy (non-hydrogen) atoms. The lowest BCUT2D eigenvalue weighted by Crippen LogP contribution is -2.15. The lowest BCUT2D eigenvalue weighted by atomic mass is 10.1. The molecular weight excluding hydrogens is 510 g/mol. The van der Waals surface area contributed by atoms with Crippen molar-refractivity contribution >= 4 is 50.1 Å². The van der Waals surface area contributed by atoms with Gasteiger partial charge in [-0.05, 0) is 73.0 Å². The van der Waals surface area contributed by atoms with E-state index in [9.17, 15) is 4.79 Å². The van der Waals surface area contributed by atoms with Crippen LogP contribution in [-0.2, 0) is 4.79 Å². The summed E-state index contributed by atoms with van der Waals surface area (Å²) in [6.07, 6.45) is 0. The largest absolute Gasteiger partial charge is 0.446 e. The third kappa shape index (κ3) is 4.97. The van der Waals surface area contributed by atoms with Gasteiger partial charge in [-0.25, -0.2) is 4.98 Å². The predicted molar refractivity (Wildman–Crippen MR) is 132 cm³/mol. The fourth-order valence-electron chi connectivity index (χ4n) is 3.09. The lowest BCUT2D eigenvalue weighted by molar-refractivity contribution is -0.113. The number of aromatic nitrogens is 4. The molecule has 0 spiro atoms. The van der Waals surface area contributed by atoms with Gasteiger partial charge in [-0.3, -0.25) is 9.36 Å². The average molecular weight is 532 g/mol. The van der Waals surface area contributed by atoms with E-state index in [0.29, 0.717) is 26.5 Å². The van der Waals surface area contributed by atoms with E-state index in [1.807, 2.05) is 42.0 Å². The number of hydrogen-bond donors (Lipinski definition) is 1. The quantitative estimate of drug-likeness (QED) is 0.279. The molecule has 4 rings (SSSR count). The number of thioether (sulfide) groups is 1. The van der Waals surface area contributed by atoms with Gasteiger partial charge in [-0.2, -0.15) is 0 Å². The third-order valence-corrected chi connectivity index (χ3v) is 6.99. The number of benzene rings is 1. The zero-order valence-corrected chi connectivity index (χ0v) is 21.3. The van der Waals surface area contributed by atoms with Crippen molar-refractivity contribution in [1.82, 2.24) is 19.7 Å². The summed E-state index contributed by atoms with van der Waals surface area (Å²) in [4.78, 5) is 17.1. The van der Waals surface area contributed by atoms with E-state index in [4.69, 9.17) is 4.42 Å². The predicted octanol–water partition coefficient (Wildman–Crippen LogP) is 6.35. The number of nitrogens with zero attached hydrogens (tertiary/aromatic N) is 4. The highest BCUT2D eigenvalue weighted by Crippen LogP contribution is 2.30. The van der Waals surface area contributed by atoms with Crippen molar-refractivity contribution in [1.29, 1.82) is 0 Å². The fourth-order valence-corrected chi connectivity index (χ4v) is 5.00. The molecule has 0 saturated heterocycles. The second-order valence-corrected chi connectivity index (χ2v) is 10.1. The van der Waals surface area contributed by atoms with Crippen LogP contribution in [0, 0.1) is 13.8 Å². The summed E-state index contributed by atoms with van der Waals surface area (Å²) in [6, 6.07) is 10.00. The van der Waals surface area contributed by atoms with Crippen molar-refractivity contribution in [2.75, 3.05) is 11.1 Å². The van der Waals surface area contributed by atoms with Gasteiger partial charge < -0.3 is 9.73 Å². The van der Waals surface area contributed by atoms with E-state index < -0.39 is 0 Å². The first-order valence-electron chi connectivity index (χ1n) is 9.98. The van der Waals surface area contributed by atoms with Crippen LogP contribution in [0.2, 0.25) is 0 Å². The Labute approximate surface area is 202 Å². The first kappa shape index (κ1) is 22.8. The average Bonchev–Trinajstić information content (AvgIpc) is 3.48. The Kier molecular flexibility index (Phi) is 6.82. The molecule has 0 aliphatic heterocycles. The summed E-state index contributed by atoms with van der Waals surface area (Å²) in [6.45, 7) is 8.25. The van der Waals surface area contributed by atoms with Crippen LogP contribution in [0.15, 0.2) is 50.0 Å². The van der Waals surface area contributed by atoms with Gasteiger partial charge in [0.25, 0.3) is 0 Å². The van der Waals surface area contributed by atoms with Gasteiger partial charge in [0.1, 0.15) is 0 Å². The lowest BCUT2D eigenvalue weighted by Gasteiger charge is -2.12. The van der Waals surface area contributed by atoms with Crippen molar-refractivity contribution in [3.63, 3.8) is 0 Å². The van der Waals surface area contributed by atoms with Crippen molar-refractivity contribution in [2.24, 2.45) is 0 Å². The van der Waals surface area contributed by atoms with E-state index >= 15 is 0 Å². The molecule has 0 bridgehead atoms. The van der Waals surface area contributed by atoms with Crippen LogP contribution in [0.3, 0.4) is 0 Å². The molecule has 3 aromatic heterocycles. The Balaban J connectivity index is 1.42. The first-order chi connectivity index (χ1) is 15.3.